The molecule has 2 aromatic rings. The molecule has 6 heteroatoms. The van der Waals surface area contributed by atoms with E-state index in [1.54, 1.807) is 18.2 Å². The Morgan fingerprint density at radius 3 is 2.71 bits per heavy atom. The molecular weight excluding hydrogens is 339 g/mol. The molecule has 0 bridgehead atoms. The van der Waals surface area contributed by atoms with Gasteiger partial charge in [0, 0.05) is 11.3 Å². The molecule has 0 aliphatic carbocycles. The zero-order valence-electron chi connectivity index (χ0n) is 11.3. The van der Waals surface area contributed by atoms with Crippen molar-refractivity contribution in [2.75, 3.05) is 17.7 Å². The lowest BCUT2D eigenvalue weighted by molar-refractivity contribution is 0.102. The normalized spacial score (nSPS) is 10.2. The second kappa shape index (κ2) is 6.58. The fourth-order valence-electron chi connectivity index (χ4n) is 1.75. The van der Waals surface area contributed by atoms with Gasteiger partial charge in [-0.05, 0) is 59.3 Å². The zero-order valence-corrected chi connectivity index (χ0v) is 12.9. The van der Waals surface area contributed by atoms with Gasteiger partial charge in [0.1, 0.15) is 11.6 Å². The summed E-state index contributed by atoms with van der Waals surface area (Å²) in [5, 5.41) is 2.61. The molecule has 0 heterocycles. The van der Waals surface area contributed by atoms with Crippen LogP contribution in [0, 0.1) is 5.82 Å². The van der Waals surface area contributed by atoms with Crippen molar-refractivity contribution in [2.24, 2.45) is 0 Å². The summed E-state index contributed by atoms with van der Waals surface area (Å²) < 4.78 is 19.0. The van der Waals surface area contributed by atoms with Crippen molar-refractivity contribution in [1.82, 2.24) is 0 Å². The van der Waals surface area contributed by atoms with Crippen molar-refractivity contribution >= 4 is 33.2 Å². The van der Waals surface area contributed by atoms with Crippen LogP contribution in [0.15, 0.2) is 40.9 Å². The Hall–Kier alpha value is -2.08. The third kappa shape index (κ3) is 3.72. The van der Waals surface area contributed by atoms with Crippen LogP contribution >= 0.6 is 15.9 Å². The van der Waals surface area contributed by atoms with Crippen molar-refractivity contribution in [3.63, 3.8) is 0 Å². The van der Waals surface area contributed by atoms with E-state index in [9.17, 15) is 9.18 Å². The van der Waals surface area contributed by atoms with Crippen LogP contribution < -0.4 is 15.8 Å². The molecule has 0 aliphatic heterocycles. The molecule has 3 N–H and O–H groups in total. The molecule has 2 aromatic carbocycles. The number of carbonyl (C=O) groups excluding carboxylic acids is 1. The molecule has 110 valence electrons. The van der Waals surface area contributed by atoms with E-state index >= 15 is 0 Å². The number of carbonyl (C=O) groups is 1. The van der Waals surface area contributed by atoms with Crippen LogP contribution in [0.2, 0.25) is 0 Å². The number of hydrogen-bond acceptors (Lipinski definition) is 3. The number of benzene rings is 2. The summed E-state index contributed by atoms with van der Waals surface area (Å²) in [4.78, 5) is 12.1. The predicted octanol–water partition coefficient (Wildman–Crippen LogP) is 3.82. The van der Waals surface area contributed by atoms with Crippen LogP contribution in [0.5, 0.6) is 5.75 Å². The predicted molar refractivity (Wildman–Crippen MR) is 84.1 cm³/mol. The Balaban J connectivity index is 2.16. The summed E-state index contributed by atoms with van der Waals surface area (Å²) in [5.41, 5.74) is 6.94. The maximum Gasteiger partial charge on any atom is 0.255 e. The van der Waals surface area contributed by atoms with Crippen molar-refractivity contribution in [1.29, 1.82) is 0 Å². The molecular formula is C15H14BrFN2O2. The van der Waals surface area contributed by atoms with Gasteiger partial charge in [-0.2, -0.15) is 0 Å². The van der Waals surface area contributed by atoms with Gasteiger partial charge in [0.25, 0.3) is 5.91 Å². The van der Waals surface area contributed by atoms with Crippen LogP contribution in [0.1, 0.15) is 17.3 Å². The lowest BCUT2D eigenvalue weighted by Gasteiger charge is -2.09. The van der Waals surface area contributed by atoms with Gasteiger partial charge >= 0.3 is 0 Å². The fourth-order valence-corrected chi connectivity index (χ4v) is 2.00. The summed E-state index contributed by atoms with van der Waals surface area (Å²) in [5.74, 6) is -0.283. The molecule has 0 radical (unpaired) electrons. The highest BCUT2D eigenvalue weighted by Gasteiger charge is 2.10. The number of anilines is 2. The maximum absolute atomic E-state index is 13.4. The van der Waals surface area contributed by atoms with E-state index in [-0.39, 0.29) is 5.91 Å². The smallest absolute Gasteiger partial charge is 0.255 e. The third-order valence-electron chi connectivity index (χ3n) is 2.75. The Kier molecular flexibility index (Phi) is 4.80. The molecule has 2 rings (SSSR count). The molecule has 0 saturated heterocycles. The van der Waals surface area contributed by atoms with Gasteiger partial charge in [-0.1, -0.05) is 0 Å². The van der Waals surface area contributed by atoms with Crippen LogP contribution in [-0.4, -0.2) is 12.5 Å². The minimum atomic E-state index is -0.445. The summed E-state index contributed by atoms with van der Waals surface area (Å²) in [7, 11) is 0. The van der Waals surface area contributed by atoms with Gasteiger partial charge in [-0.25, -0.2) is 4.39 Å². The van der Waals surface area contributed by atoms with Gasteiger partial charge in [-0.15, -0.1) is 0 Å². The van der Waals surface area contributed by atoms with Gasteiger partial charge in [0.05, 0.1) is 16.8 Å². The first-order valence-electron chi connectivity index (χ1n) is 6.30. The van der Waals surface area contributed by atoms with E-state index in [1.807, 2.05) is 6.92 Å². The lowest BCUT2D eigenvalue weighted by atomic mass is 10.1. The van der Waals surface area contributed by atoms with Gasteiger partial charge in [0.2, 0.25) is 0 Å². The van der Waals surface area contributed by atoms with E-state index < -0.39 is 5.82 Å². The van der Waals surface area contributed by atoms with Crippen LogP contribution in [0.4, 0.5) is 15.8 Å². The Morgan fingerprint density at radius 2 is 2.10 bits per heavy atom. The number of ether oxygens (including phenoxy) is 1. The molecule has 0 spiro atoms. The number of nitrogens with two attached hydrogens (primary N) is 1. The Labute approximate surface area is 130 Å². The first-order valence-corrected chi connectivity index (χ1v) is 7.09. The zero-order chi connectivity index (χ0) is 15.4. The van der Waals surface area contributed by atoms with Gasteiger partial charge < -0.3 is 15.8 Å². The quantitative estimate of drug-likeness (QED) is 0.822. The minimum absolute atomic E-state index is 0.339. The molecule has 0 aromatic heterocycles. The summed E-state index contributed by atoms with van der Waals surface area (Å²) >= 11 is 3.05. The lowest BCUT2D eigenvalue weighted by Crippen LogP contribution is -2.12. The highest BCUT2D eigenvalue weighted by Crippen LogP contribution is 2.24. The number of rotatable bonds is 4. The van der Waals surface area contributed by atoms with Crippen molar-refractivity contribution in [3.05, 3.63) is 52.3 Å². The first-order chi connectivity index (χ1) is 10.0. The molecule has 0 atom stereocenters. The van der Waals surface area contributed by atoms with Crippen LogP contribution in [0.25, 0.3) is 0 Å². The number of nitrogens with one attached hydrogen (secondary N) is 1. The topological polar surface area (TPSA) is 64.3 Å². The number of nitrogen functional groups attached to an aromatic ring is 1. The maximum atomic E-state index is 13.4. The van der Waals surface area contributed by atoms with Crippen molar-refractivity contribution < 1.29 is 13.9 Å². The monoisotopic (exact) mass is 352 g/mol. The number of hydrogen-bond donors (Lipinski definition) is 2. The summed E-state index contributed by atoms with van der Waals surface area (Å²) in [6.45, 7) is 2.34. The second-order valence-electron chi connectivity index (χ2n) is 4.27. The standard InChI is InChI=1S/C15H14BrFN2O2/c1-2-21-14-6-3-9(7-13(14)18)15(20)19-10-4-5-11(16)12(17)8-10/h3-8H,2,18H2,1H3,(H,19,20). The first kappa shape index (κ1) is 15.3. The Morgan fingerprint density at radius 1 is 1.33 bits per heavy atom. The van der Waals surface area contributed by atoms with Gasteiger partial charge in [0.15, 0.2) is 0 Å². The van der Waals surface area contributed by atoms with Crippen molar-refractivity contribution in [2.45, 2.75) is 6.92 Å². The number of amides is 1. The van der Waals surface area contributed by atoms with E-state index in [2.05, 4.69) is 21.2 Å². The summed E-state index contributed by atoms with van der Waals surface area (Å²) in [6.07, 6.45) is 0. The van der Waals surface area contributed by atoms with E-state index in [0.29, 0.717) is 33.8 Å². The van der Waals surface area contributed by atoms with Crippen LogP contribution in [0.3, 0.4) is 0 Å². The summed E-state index contributed by atoms with van der Waals surface area (Å²) in [6, 6.07) is 9.12. The molecule has 0 aliphatic rings. The minimum Gasteiger partial charge on any atom is -0.492 e. The largest absolute Gasteiger partial charge is 0.492 e. The number of halogens is 2. The molecule has 0 fully saturated rings. The average Bonchev–Trinajstić information content (AvgIpc) is 2.45. The van der Waals surface area contributed by atoms with Crippen LogP contribution in [-0.2, 0) is 0 Å². The van der Waals surface area contributed by atoms with E-state index in [4.69, 9.17) is 10.5 Å². The highest BCUT2D eigenvalue weighted by molar-refractivity contribution is 9.10. The highest BCUT2D eigenvalue weighted by atomic mass is 79.9. The van der Waals surface area contributed by atoms with Crippen molar-refractivity contribution in [3.8, 4) is 5.75 Å². The molecule has 21 heavy (non-hydrogen) atoms. The van der Waals surface area contributed by atoms with E-state index in [0.717, 1.165) is 0 Å². The molecule has 0 saturated carbocycles. The SMILES string of the molecule is CCOc1ccc(C(=O)Nc2ccc(Br)c(F)c2)cc1N. The fraction of sp³-hybridized carbons (Fsp3) is 0.133. The molecule has 0 unspecified atom stereocenters. The van der Waals surface area contributed by atoms with Gasteiger partial charge in [-0.3, -0.25) is 4.79 Å². The Bertz CT molecular complexity index is 677. The second-order valence-corrected chi connectivity index (χ2v) is 5.12. The molecule has 4 nitrogen and oxygen atoms in total. The van der Waals surface area contributed by atoms with E-state index in [1.165, 1.54) is 18.2 Å². The average molecular weight is 353 g/mol. The molecule has 1 amide bonds. The third-order valence-corrected chi connectivity index (χ3v) is 3.39.